The van der Waals surface area contributed by atoms with Crippen LogP contribution in [-0.4, -0.2) is 33.4 Å². The van der Waals surface area contributed by atoms with Crippen LogP contribution < -0.4 is 5.73 Å². The maximum atomic E-state index is 11.3. The first-order valence-electron chi connectivity index (χ1n) is 6.40. The van der Waals surface area contributed by atoms with E-state index in [0.717, 1.165) is 0 Å². The number of aliphatic hydroxyl groups is 1. The lowest BCUT2D eigenvalue weighted by molar-refractivity contribution is -0.112. The van der Waals surface area contributed by atoms with Crippen molar-refractivity contribution >= 4 is 12.2 Å². The van der Waals surface area contributed by atoms with Gasteiger partial charge < -0.3 is 10.8 Å². The van der Waals surface area contributed by atoms with E-state index in [1.54, 1.807) is 31.2 Å². The molecule has 2 aromatic rings. The van der Waals surface area contributed by atoms with Gasteiger partial charge in [-0.3, -0.25) is 9.59 Å². The van der Waals surface area contributed by atoms with Gasteiger partial charge in [0.15, 0.2) is 18.2 Å². The summed E-state index contributed by atoms with van der Waals surface area (Å²) in [6.07, 6.45) is -0.972. The zero-order valence-corrected chi connectivity index (χ0v) is 11.8. The fraction of sp³-hybridized carbons (Fsp3) is 0.125. The monoisotopic (exact) mass is 295 g/mol. The molecule has 0 aliphatic heterocycles. The Bertz CT molecular complexity index is 791. The number of primary amides is 1. The standard InChI is InChI=1S/C16H13N3O3/c1-10-7-14(15(17)22)19-16(18-10)12-4-2-3-11(8-12)5-6-13(21)9-20/h2-4,7-9,13,21H,1H3,(H2,17,22). The minimum absolute atomic E-state index is 0.135. The van der Waals surface area contributed by atoms with Gasteiger partial charge in [-0.25, -0.2) is 9.97 Å². The van der Waals surface area contributed by atoms with E-state index >= 15 is 0 Å². The molecule has 0 fully saturated rings. The van der Waals surface area contributed by atoms with Gasteiger partial charge >= 0.3 is 0 Å². The highest BCUT2D eigenvalue weighted by Crippen LogP contribution is 2.17. The van der Waals surface area contributed by atoms with E-state index in [4.69, 9.17) is 10.8 Å². The highest BCUT2D eigenvalue weighted by Gasteiger charge is 2.09. The van der Waals surface area contributed by atoms with Crippen LogP contribution >= 0.6 is 0 Å². The van der Waals surface area contributed by atoms with Crippen molar-refractivity contribution in [2.75, 3.05) is 0 Å². The zero-order valence-electron chi connectivity index (χ0n) is 11.8. The van der Waals surface area contributed by atoms with E-state index in [9.17, 15) is 9.59 Å². The number of hydrogen-bond acceptors (Lipinski definition) is 5. The molecule has 6 heteroatoms. The number of nitrogens with two attached hydrogens (primary N) is 1. The molecule has 3 N–H and O–H groups in total. The smallest absolute Gasteiger partial charge is 0.267 e. The molecular weight excluding hydrogens is 282 g/mol. The van der Waals surface area contributed by atoms with Crippen LogP contribution in [0.5, 0.6) is 0 Å². The van der Waals surface area contributed by atoms with Crippen molar-refractivity contribution in [3.8, 4) is 23.2 Å². The Balaban J connectivity index is 2.43. The second kappa shape index (κ2) is 6.61. The number of carbonyl (C=O) groups excluding carboxylic acids is 2. The van der Waals surface area contributed by atoms with Gasteiger partial charge in [0.2, 0.25) is 0 Å². The minimum atomic E-state index is -1.32. The van der Waals surface area contributed by atoms with E-state index in [2.05, 4.69) is 21.8 Å². The average Bonchev–Trinajstić information content (AvgIpc) is 2.52. The van der Waals surface area contributed by atoms with E-state index in [0.29, 0.717) is 28.9 Å². The van der Waals surface area contributed by atoms with Gasteiger partial charge in [-0.15, -0.1) is 0 Å². The molecule has 0 aliphatic rings. The summed E-state index contributed by atoms with van der Waals surface area (Å²) in [6.45, 7) is 1.74. The van der Waals surface area contributed by atoms with E-state index in [-0.39, 0.29) is 5.69 Å². The lowest BCUT2D eigenvalue weighted by Gasteiger charge is -2.04. The third kappa shape index (κ3) is 3.75. The lowest BCUT2D eigenvalue weighted by Crippen LogP contribution is -2.14. The van der Waals surface area contributed by atoms with Gasteiger partial charge in [-0.2, -0.15) is 0 Å². The SMILES string of the molecule is Cc1cc(C(N)=O)nc(-c2cccc(C#CC(O)C=O)c2)n1. The Morgan fingerprint density at radius 2 is 2.14 bits per heavy atom. The van der Waals surface area contributed by atoms with Gasteiger partial charge in [0.05, 0.1) is 0 Å². The second-order valence-corrected chi connectivity index (χ2v) is 4.51. The molecule has 0 bridgehead atoms. The van der Waals surface area contributed by atoms with Crippen molar-refractivity contribution in [1.82, 2.24) is 9.97 Å². The van der Waals surface area contributed by atoms with Gasteiger partial charge in [0.25, 0.3) is 5.91 Å². The molecule has 1 heterocycles. The van der Waals surface area contributed by atoms with Crippen LogP contribution in [0.2, 0.25) is 0 Å². The van der Waals surface area contributed by atoms with E-state index in [1.165, 1.54) is 6.07 Å². The van der Waals surface area contributed by atoms with Crippen molar-refractivity contribution in [1.29, 1.82) is 0 Å². The molecule has 1 aromatic carbocycles. The minimum Gasteiger partial charge on any atom is -0.373 e. The fourth-order valence-electron chi connectivity index (χ4n) is 1.75. The first-order chi connectivity index (χ1) is 10.5. The van der Waals surface area contributed by atoms with Crippen molar-refractivity contribution in [3.05, 3.63) is 47.3 Å². The number of amides is 1. The number of aliphatic hydroxyl groups excluding tert-OH is 1. The molecule has 22 heavy (non-hydrogen) atoms. The van der Waals surface area contributed by atoms with Crippen LogP contribution in [0, 0.1) is 18.8 Å². The maximum absolute atomic E-state index is 11.3. The molecule has 1 aromatic heterocycles. The Kier molecular flexibility index (Phi) is 4.61. The molecule has 110 valence electrons. The number of benzene rings is 1. The maximum Gasteiger partial charge on any atom is 0.267 e. The number of carbonyl (C=O) groups is 2. The molecule has 1 amide bonds. The number of aryl methyl sites for hydroxylation is 1. The largest absolute Gasteiger partial charge is 0.373 e. The predicted molar refractivity (Wildman–Crippen MR) is 79.7 cm³/mol. The molecule has 0 radical (unpaired) electrons. The van der Waals surface area contributed by atoms with Crippen molar-refractivity contribution in [2.45, 2.75) is 13.0 Å². The second-order valence-electron chi connectivity index (χ2n) is 4.51. The van der Waals surface area contributed by atoms with Crippen LogP contribution in [0.25, 0.3) is 11.4 Å². The molecule has 1 unspecified atom stereocenters. The molecular formula is C16H13N3O3. The summed E-state index contributed by atoms with van der Waals surface area (Å²) in [7, 11) is 0. The predicted octanol–water partition coefficient (Wildman–Crippen LogP) is 0.462. The first-order valence-corrected chi connectivity index (χ1v) is 6.40. The van der Waals surface area contributed by atoms with Crippen LogP contribution in [0.15, 0.2) is 30.3 Å². The van der Waals surface area contributed by atoms with E-state index < -0.39 is 12.0 Å². The Morgan fingerprint density at radius 1 is 1.36 bits per heavy atom. The summed E-state index contributed by atoms with van der Waals surface area (Å²) in [4.78, 5) is 30.0. The highest BCUT2D eigenvalue weighted by atomic mass is 16.3. The van der Waals surface area contributed by atoms with Crippen LogP contribution in [0.3, 0.4) is 0 Å². The summed E-state index contributed by atoms with van der Waals surface area (Å²) in [5.74, 6) is 4.80. The molecule has 0 saturated heterocycles. The number of aldehydes is 1. The van der Waals surface area contributed by atoms with Crippen LogP contribution in [-0.2, 0) is 4.79 Å². The summed E-state index contributed by atoms with van der Waals surface area (Å²) in [5.41, 5.74) is 7.23. The third-order valence-electron chi connectivity index (χ3n) is 2.72. The van der Waals surface area contributed by atoms with Gasteiger partial charge in [-0.05, 0) is 25.1 Å². The molecule has 2 rings (SSSR count). The van der Waals surface area contributed by atoms with Crippen molar-refractivity contribution in [2.24, 2.45) is 5.73 Å². The lowest BCUT2D eigenvalue weighted by atomic mass is 10.1. The van der Waals surface area contributed by atoms with Crippen molar-refractivity contribution < 1.29 is 14.7 Å². The summed E-state index contributed by atoms with van der Waals surface area (Å²) < 4.78 is 0. The molecule has 0 aliphatic carbocycles. The van der Waals surface area contributed by atoms with Crippen molar-refractivity contribution in [3.63, 3.8) is 0 Å². The summed E-state index contributed by atoms with van der Waals surface area (Å²) >= 11 is 0. The normalized spacial score (nSPS) is 11.2. The Morgan fingerprint density at radius 3 is 2.82 bits per heavy atom. The Hall–Kier alpha value is -3.04. The van der Waals surface area contributed by atoms with Crippen LogP contribution in [0.4, 0.5) is 0 Å². The van der Waals surface area contributed by atoms with Crippen LogP contribution in [0.1, 0.15) is 21.7 Å². The third-order valence-corrected chi connectivity index (χ3v) is 2.72. The number of aromatic nitrogens is 2. The fourth-order valence-corrected chi connectivity index (χ4v) is 1.75. The summed E-state index contributed by atoms with van der Waals surface area (Å²) in [6, 6.07) is 8.43. The average molecular weight is 295 g/mol. The summed E-state index contributed by atoms with van der Waals surface area (Å²) in [5, 5.41) is 9.12. The highest BCUT2D eigenvalue weighted by molar-refractivity contribution is 5.91. The quantitative estimate of drug-likeness (QED) is 0.632. The number of rotatable bonds is 3. The number of nitrogens with zero attached hydrogens (tertiary/aromatic N) is 2. The Labute approximate surface area is 127 Å². The molecule has 0 saturated carbocycles. The molecule has 0 spiro atoms. The van der Waals surface area contributed by atoms with Gasteiger partial charge in [0, 0.05) is 16.8 Å². The topological polar surface area (TPSA) is 106 Å². The molecule has 1 atom stereocenters. The van der Waals surface area contributed by atoms with Gasteiger partial charge in [-0.1, -0.05) is 24.0 Å². The number of hydrogen-bond donors (Lipinski definition) is 2. The zero-order chi connectivity index (χ0) is 16.1. The molecule has 6 nitrogen and oxygen atoms in total. The first kappa shape index (κ1) is 15.4. The van der Waals surface area contributed by atoms with E-state index in [1.807, 2.05) is 0 Å². The van der Waals surface area contributed by atoms with Gasteiger partial charge in [0.1, 0.15) is 5.69 Å².